The highest BCUT2D eigenvalue weighted by atomic mass is 32.2. The fourth-order valence-corrected chi connectivity index (χ4v) is 6.13. The van der Waals surface area contributed by atoms with Crippen LogP contribution in [0.25, 0.3) is 0 Å². The van der Waals surface area contributed by atoms with Crippen molar-refractivity contribution in [3.8, 4) is 0 Å². The molecule has 2 aromatic carbocycles. The Morgan fingerprint density at radius 2 is 1.68 bits per heavy atom. The third-order valence-electron chi connectivity index (χ3n) is 5.28. The largest absolute Gasteiger partial charge is 0.480 e. The molecule has 9 nitrogen and oxygen atoms in total. The van der Waals surface area contributed by atoms with Crippen molar-refractivity contribution in [3.05, 3.63) is 71.6 Å². The molecule has 2 heterocycles. The molecule has 1 aliphatic heterocycles. The van der Waals surface area contributed by atoms with Crippen LogP contribution in [0.3, 0.4) is 0 Å². The number of benzene rings is 2. The van der Waals surface area contributed by atoms with Crippen LogP contribution in [0.5, 0.6) is 0 Å². The van der Waals surface area contributed by atoms with E-state index >= 15 is 0 Å². The zero-order valence-corrected chi connectivity index (χ0v) is 19.8. The zero-order valence-electron chi connectivity index (χ0n) is 18.2. The van der Waals surface area contributed by atoms with Crippen LogP contribution in [-0.2, 0) is 14.8 Å². The molecule has 3 N–H and O–H groups in total. The summed E-state index contributed by atoms with van der Waals surface area (Å²) in [7, 11) is -4.11. The van der Waals surface area contributed by atoms with Gasteiger partial charge >= 0.3 is 5.97 Å². The first-order chi connectivity index (χ1) is 16.3. The standard InChI is InChI=1S/C23H24N4O5S2/c28-22(29)16-27(34(31,32)19-4-2-1-3-5-19)21-11-10-20(33-21)23(30)25-17-6-8-18(9-7-17)26-14-12-24-13-15-26/h1-11,24H,12-16H2,(H,25,30)(H,28,29). The summed E-state index contributed by atoms with van der Waals surface area (Å²) >= 11 is 0.914. The van der Waals surface area contributed by atoms with E-state index in [4.69, 9.17) is 0 Å². The number of thiophene rings is 1. The maximum absolute atomic E-state index is 13.1. The Balaban J connectivity index is 1.50. The van der Waals surface area contributed by atoms with Crippen molar-refractivity contribution in [2.24, 2.45) is 0 Å². The topological polar surface area (TPSA) is 119 Å². The van der Waals surface area contributed by atoms with Crippen molar-refractivity contribution in [2.75, 3.05) is 47.2 Å². The fraction of sp³-hybridized carbons (Fsp3) is 0.217. The van der Waals surface area contributed by atoms with E-state index in [1.165, 1.54) is 24.3 Å². The van der Waals surface area contributed by atoms with Crippen molar-refractivity contribution in [3.63, 3.8) is 0 Å². The molecule has 178 valence electrons. The number of hydrogen-bond acceptors (Lipinski definition) is 7. The normalized spacial score (nSPS) is 13.9. The highest BCUT2D eigenvalue weighted by Crippen LogP contribution is 2.31. The van der Waals surface area contributed by atoms with Gasteiger partial charge in [0.25, 0.3) is 15.9 Å². The molecular weight excluding hydrogens is 476 g/mol. The predicted octanol–water partition coefficient (Wildman–Crippen LogP) is 2.69. The molecule has 1 saturated heterocycles. The molecule has 1 aliphatic rings. The number of rotatable bonds is 8. The first-order valence-electron chi connectivity index (χ1n) is 10.6. The molecule has 1 fully saturated rings. The number of aliphatic carboxylic acids is 1. The smallest absolute Gasteiger partial charge is 0.324 e. The average Bonchev–Trinajstić information content (AvgIpc) is 3.34. The lowest BCUT2D eigenvalue weighted by molar-refractivity contribution is -0.135. The fourth-order valence-electron chi connectivity index (χ4n) is 3.58. The summed E-state index contributed by atoms with van der Waals surface area (Å²) in [6.45, 7) is 2.94. The molecule has 1 amide bonds. The van der Waals surface area contributed by atoms with E-state index in [0.717, 1.165) is 47.5 Å². The second-order valence-electron chi connectivity index (χ2n) is 7.59. The highest BCUT2D eigenvalue weighted by molar-refractivity contribution is 7.93. The Kier molecular flexibility index (Phi) is 7.15. The molecule has 0 spiro atoms. The number of piperazine rings is 1. The molecule has 11 heteroatoms. The Hall–Kier alpha value is -3.41. The Morgan fingerprint density at radius 3 is 2.32 bits per heavy atom. The number of sulfonamides is 1. The monoisotopic (exact) mass is 500 g/mol. The first kappa shape index (κ1) is 23.7. The van der Waals surface area contributed by atoms with E-state index in [1.54, 1.807) is 18.2 Å². The molecular formula is C23H24N4O5S2. The van der Waals surface area contributed by atoms with Crippen molar-refractivity contribution in [1.82, 2.24) is 5.32 Å². The molecule has 0 radical (unpaired) electrons. The van der Waals surface area contributed by atoms with Crippen molar-refractivity contribution in [2.45, 2.75) is 4.90 Å². The quantitative estimate of drug-likeness (QED) is 0.435. The first-order valence-corrected chi connectivity index (χ1v) is 12.9. The van der Waals surface area contributed by atoms with Crippen molar-refractivity contribution >= 4 is 49.6 Å². The molecule has 1 aromatic heterocycles. The molecule has 0 unspecified atom stereocenters. The average molecular weight is 501 g/mol. The van der Waals surface area contributed by atoms with E-state index < -0.39 is 28.4 Å². The number of carbonyl (C=O) groups excluding carboxylic acids is 1. The highest BCUT2D eigenvalue weighted by Gasteiger charge is 2.28. The van der Waals surface area contributed by atoms with Gasteiger partial charge in [0, 0.05) is 37.6 Å². The van der Waals surface area contributed by atoms with Crippen LogP contribution in [0.4, 0.5) is 16.4 Å². The second-order valence-corrected chi connectivity index (χ2v) is 10.5. The van der Waals surface area contributed by atoms with Gasteiger partial charge in [-0.05, 0) is 48.5 Å². The maximum atomic E-state index is 13.1. The summed E-state index contributed by atoms with van der Waals surface area (Å²) in [5.41, 5.74) is 1.69. The molecule has 0 atom stereocenters. The van der Waals surface area contributed by atoms with Crippen molar-refractivity contribution < 1.29 is 23.1 Å². The SMILES string of the molecule is O=C(O)CN(c1ccc(C(=O)Nc2ccc(N3CCNCC3)cc2)s1)S(=O)(=O)c1ccccc1. The molecule has 4 rings (SSSR count). The number of anilines is 3. The number of carboxylic acids is 1. The van der Waals surface area contributed by atoms with E-state index in [2.05, 4.69) is 15.5 Å². The second kappa shape index (κ2) is 10.2. The number of nitrogens with zero attached hydrogens (tertiary/aromatic N) is 2. The maximum Gasteiger partial charge on any atom is 0.324 e. The number of amides is 1. The lowest BCUT2D eigenvalue weighted by Crippen LogP contribution is -2.43. The molecule has 0 saturated carbocycles. The third-order valence-corrected chi connectivity index (χ3v) is 8.28. The molecule has 34 heavy (non-hydrogen) atoms. The number of carbonyl (C=O) groups is 2. The van der Waals surface area contributed by atoms with Crippen LogP contribution in [0.1, 0.15) is 9.67 Å². The van der Waals surface area contributed by atoms with Crippen LogP contribution >= 0.6 is 11.3 Å². The zero-order chi connectivity index (χ0) is 24.1. The number of nitrogens with one attached hydrogen (secondary N) is 2. The van der Waals surface area contributed by atoms with Gasteiger partial charge in [0.05, 0.1) is 9.77 Å². The number of hydrogen-bond donors (Lipinski definition) is 3. The summed E-state index contributed by atoms with van der Waals surface area (Å²) in [5.74, 6) is -1.71. The van der Waals surface area contributed by atoms with Gasteiger partial charge in [-0.1, -0.05) is 18.2 Å². The van der Waals surface area contributed by atoms with Crippen molar-refractivity contribution in [1.29, 1.82) is 0 Å². The van der Waals surface area contributed by atoms with E-state index in [-0.39, 0.29) is 14.8 Å². The van der Waals surface area contributed by atoms with Gasteiger partial charge in [0.15, 0.2) is 0 Å². The van der Waals surface area contributed by atoms with Crippen LogP contribution in [-0.4, -0.2) is 58.1 Å². The minimum Gasteiger partial charge on any atom is -0.480 e. The van der Waals surface area contributed by atoms with Gasteiger partial charge in [-0.15, -0.1) is 11.3 Å². The summed E-state index contributed by atoms with van der Waals surface area (Å²) < 4.78 is 26.9. The van der Waals surface area contributed by atoms with Crippen LogP contribution in [0.15, 0.2) is 71.6 Å². The van der Waals surface area contributed by atoms with Crippen LogP contribution < -0.4 is 19.8 Å². The van der Waals surface area contributed by atoms with E-state index in [0.29, 0.717) is 5.69 Å². The van der Waals surface area contributed by atoms with Gasteiger partial charge in [-0.3, -0.25) is 9.59 Å². The van der Waals surface area contributed by atoms with Crippen LogP contribution in [0.2, 0.25) is 0 Å². The van der Waals surface area contributed by atoms with Gasteiger partial charge < -0.3 is 20.6 Å². The summed E-state index contributed by atoms with van der Waals surface area (Å²) in [5, 5.41) is 15.6. The Labute approximate surface area is 201 Å². The Bertz CT molecular complexity index is 1250. The van der Waals surface area contributed by atoms with Gasteiger partial charge in [-0.2, -0.15) is 0 Å². The minimum absolute atomic E-state index is 0.0276. The van der Waals surface area contributed by atoms with Crippen LogP contribution in [0, 0.1) is 0 Å². The lowest BCUT2D eigenvalue weighted by Gasteiger charge is -2.29. The predicted molar refractivity (Wildman–Crippen MR) is 132 cm³/mol. The molecule has 0 bridgehead atoms. The van der Waals surface area contributed by atoms with Gasteiger partial charge in [0.2, 0.25) is 0 Å². The summed E-state index contributed by atoms with van der Waals surface area (Å²) in [6.07, 6.45) is 0. The number of carboxylic acid groups (broad SMARTS) is 1. The van der Waals surface area contributed by atoms with Gasteiger partial charge in [-0.25, -0.2) is 12.7 Å². The Morgan fingerprint density at radius 1 is 1.00 bits per heavy atom. The summed E-state index contributed by atoms with van der Waals surface area (Å²) in [6, 6.07) is 18.1. The molecule has 3 aromatic rings. The van der Waals surface area contributed by atoms with E-state index in [1.807, 2.05) is 24.3 Å². The third kappa shape index (κ3) is 5.38. The molecule has 0 aliphatic carbocycles. The minimum atomic E-state index is -4.11. The summed E-state index contributed by atoms with van der Waals surface area (Å²) in [4.78, 5) is 26.7. The lowest BCUT2D eigenvalue weighted by atomic mass is 10.2. The van der Waals surface area contributed by atoms with E-state index in [9.17, 15) is 23.1 Å². The van der Waals surface area contributed by atoms with Gasteiger partial charge in [0.1, 0.15) is 11.5 Å².